The van der Waals surface area contributed by atoms with E-state index in [1.54, 1.807) is 7.05 Å². The molecule has 72 valence electrons. The standard InChI is InChI=1S/C8H12BrN3O/c1-5(2)13-8-6(9)7(10-3)11-4-12-8/h4-5H,1-3H3,(H,10,11,12). The van der Waals surface area contributed by atoms with Gasteiger partial charge in [-0.3, -0.25) is 0 Å². The SMILES string of the molecule is CNc1ncnc(OC(C)C)c1Br. The molecule has 5 heteroatoms. The summed E-state index contributed by atoms with van der Waals surface area (Å²) < 4.78 is 6.21. The van der Waals surface area contributed by atoms with E-state index in [0.717, 1.165) is 10.3 Å². The third-order valence-corrected chi connectivity index (χ3v) is 2.06. The molecule has 0 unspecified atom stereocenters. The second kappa shape index (κ2) is 4.41. The minimum absolute atomic E-state index is 0.107. The molecule has 0 aliphatic heterocycles. The zero-order chi connectivity index (χ0) is 9.84. The lowest BCUT2D eigenvalue weighted by Gasteiger charge is -2.11. The van der Waals surface area contributed by atoms with Crippen LogP contribution >= 0.6 is 15.9 Å². The summed E-state index contributed by atoms with van der Waals surface area (Å²) in [4.78, 5) is 8.02. The predicted octanol–water partition coefficient (Wildman–Crippen LogP) is 2.07. The second-order valence-corrected chi connectivity index (χ2v) is 3.55. The molecule has 1 N–H and O–H groups in total. The van der Waals surface area contributed by atoms with Crippen LogP contribution in [0.3, 0.4) is 0 Å². The first-order valence-corrected chi connectivity index (χ1v) is 4.79. The number of hydrogen-bond acceptors (Lipinski definition) is 4. The van der Waals surface area contributed by atoms with Gasteiger partial charge < -0.3 is 10.1 Å². The smallest absolute Gasteiger partial charge is 0.233 e. The Kier molecular flexibility index (Phi) is 3.48. The number of halogens is 1. The Morgan fingerprint density at radius 2 is 2.15 bits per heavy atom. The molecule has 0 amide bonds. The molecule has 4 nitrogen and oxygen atoms in total. The highest BCUT2D eigenvalue weighted by Crippen LogP contribution is 2.28. The fourth-order valence-corrected chi connectivity index (χ4v) is 1.33. The third-order valence-electron chi connectivity index (χ3n) is 1.34. The predicted molar refractivity (Wildman–Crippen MR) is 55.0 cm³/mol. The first-order valence-electron chi connectivity index (χ1n) is 4.00. The van der Waals surface area contributed by atoms with Crippen molar-refractivity contribution < 1.29 is 4.74 Å². The van der Waals surface area contributed by atoms with Crippen molar-refractivity contribution in [3.63, 3.8) is 0 Å². The number of nitrogens with one attached hydrogen (secondary N) is 1. The molecule has 0 aromatic carbocycles. The maximum Gasteiger partial charge on any atom is 0.233 e. The molecule has 1 aromatic rings. The van der Waals surface area contributed by atoms with E-state index < -0.39 is 0 Å². The summed E-state index contributed by atoms with van der Waals surface area (Å²) in [5, 5.41) is 2.93. The van der Waals surface area contributed by atoms with Gasteiger partial charge in [-0.05, 0) is 29.8 Å². The molecule has 0 fully saturated rings. The average Bonchev–Trinajstić information content (AvgIpc) is 2.08. The normalized spacial score (nSPS) is 10.2. The lowest BCUT2D eigenvalue weighted by atomic mass is 10.5. The largest absolute Gasteiger partial charge is 0.474 e. The van der Waals surface area contributed by atoms with Gasteiger partial charge in [0.05, 0.1) is 6.10 Å². The maximum atomic E-state index is 5.45. The number of aromatic nitrogens is 2. The van der Waals surface area contributed by atoms with Crippen molar-refractivity contribution in [1.29, 1.82) is 0 Å². The maximum absolute atomic E-state index is 5.45. The van der Waals surface area contributed by atoms with Crippen molar-refractivity contribution in [2.24, 2.45) is 0 Å². The summed E-state index contributed by atoms with van der Waals surface area (Å²) in [7, 11) is 1.80. The summed E-state index contributed by atoms with van der Waals surface area (Å²) in [5.74, 6) is 1.29. The van der Waals surface area contributed by atoms with Crippen LogP contribution in [0, 0.1) is 0 Å². The Balaban J connectivity index is 2.94. The van der Waals surface area contributed by atoms with E-state index in [1.165, 1.54) is 6.33 Å². The Hall–Kier alpha value is -0.840. The van der Waals surface area contributed by atoms with Crippen molar-refractivity contribution >= 4 is 21.7 Å². The fourth-order valence-electron chi connectivity index (χ4n) is 0.833. The van der Waals surface area contributed by atoms with Crippen molar-refractivity contribution in [2.45, 2.75) is 20.0 Å². The lowest BCUT2D eigenvalue weighted by molar-refractivity contribution is 0.230. The highest BCUT2D eigenvalue weighted by atomic mass is 79.9. The summed E-state index contributed by atoms with van der Waals surface area (Å²) in [6.45, 7) is 3.90. The van der Waals surface area contributed by atoms with Gasteiger partial charge in [-0.1, -0.05) is 0 Å². The van der Waals surface area contributed by atoms with Gasteiger partial charge in [-0.25, -0.2) is 9.97 Å². The zero-order valence-corrected chi connectivity index (χ0v) is 9.42. The Bertz CT molecular complexity index is 291. The molecular weight excluding hydrogens is 234 g/mol. The van der Waals surface area contributed by atoms with Gasteiger partial charge in [0.25, 0.3) is 0 Å². The molecule has 0 saturated carbocycles. The topological polar surface area (TPSA) is 47.0 Å². The van der Waals surface area contributed by atoms with E-state index in [0.29, 0.717) is 5.88 Å². The van der Waals surface area contributed by atoms with Crippen molar-refractivity contribution in [3.8, 4) is 5.88 Å². The van der Waals surface area contributed by atoms with Gasteiger partial charge in [-0.15, -0.1) is 0 Å². The van der Waals surface area contributed by atoms with Gasteiger partial charge in [0, 0.05) is 7.05 Å². The molecule has 13 heavy (non-hydrogen) atoms. The summed E-state index contributed by atoms with van der Waals surface area (Å²) in [6, 6.07) is 0. The van der Waals surface area contributed by atoms with Gasteiger partial charge in [-0.2, -0.15) is 0 Å². The van der Waals surface area contributed by atoms with Crippen molar-refractivity contribution in [3.05, 3.63) is 10.8 Å². The molecule has 0 radical (unpaired) electrons. The van der Waals surface area contributed by atoms with Crippen LogP contribution in [0.5, 0.6) is 5.88 Å². The molecule has 1 heterocycles. The van der Waals surface area contributed by atoms with Gasteiger partial charge in [0.1, 0.15) is 16.6 Å². The van der Waals surface area contributed by atoms with Crippen LogP contribution in [0.2, 0.25) is 0 Å². The zero-order valence-electron chi connectivity index (χ0n) is 7.84. The van der Waals surface area contributed by atoms with Gasteiger partial charge in [0.2, 0.25) is 5.88 Å². The monoisotopic (exact) mass is 245 g/mol. The Morgan fingerprint density at radius 3 is 2.69 bits per heavy atom. The number of ether oxygens (including phenoxy) is 1. The van der Waals surface area contributed by atoms with Crippen LogP contribution < -0.4 is 10.1 Å². The van der Waals surface area contributed by atoms with E-state index in [-0.39, 0.29) is 6.10 Å². The Labute approximate surface area is 85.9 Å². The van der Waals surface area contributed by atoms with Crippen molar-refractivity contribution in [1.82, 2.24) is 9.97 Å². The molecule has 0 atom stereocenters. The highest BCUT2D eigenvalue weighted by molar-refractivity contribution is 9.10. The van der Waals surface area contributed by atoms with Crippen LogP contribution in [0.4, 0.5) is 5.82 Å². The minimum atomic E-state index is 0.107. The fraction of sp³-hybridized carbons (Fsp3) is 0.500. The quantitative estimate of drug-likeness (QED) is 0.886. The third kappa shape index (κ3) is 2.55. The van der Waals surface area contributed by atoms with Gasteiger partial charge in [0.15, 0.2) is 0 Å². The molecule has 0 aliphatic carbocycles. The minimum Gasteiger partial charge on any atom is -0.474 e. The molecule has 0 saturated heterocycles. The molecule has 0 bridgehead atoms. The molecule has 1 rings (SSSR count). The van der Waals surface area contributed by atoms with Crippen LogP contribution in [0.25, 0.3) is 0 Å². The van der Waals surface area contributed by atoms with Crippen LogP contribution in [-0.4, -0.2) is 23.1 Å². The molecule has 0 aliphatic rings. The average molecular weight is 246 g/mol. The van der Waals surface area contributed by atoms with E-state index >= 15 is 0 Å². The Morgan fingerprint density at radius 1 is 1.46 bits per heavy atom. The van der Waals surface area contributed by atoms with E-state index in [2.05, 4.69) is 31.2 Å². The number of anilines is 1. The summed E-state index contributed by atoms with van der Waals surface area (Å²) in [5.41, 5.74) is 0. The first-order chi connectivity index (χ1) is 6.15. The summed E-state index contributed by atoms with van der Waals surface area (Å²) >= 11 is 3.36. The number of hydrogen-bond donors (Lipinski definition) is 1. The lowest BCUT2D eigenvalue weighted by Crippen LogP contribution is -2.08. The van der Waals surface area contributed by atoms with E-state index in [4.69, 9.17) is 4.74 Å². The van der Waals surface area contributed by atoms with E-state index in [1.807, 2.05) is 13.8 Å². The second-order valence-electron chi connectivity index (χ2n) is 2.76. The van der Waals surface area contributed by atoms with Gasteiger partial charge >= 0.3 is 0 Å². The number of rotatable bonds is 3. The first kappa shape index (κ1) is 10.2. The van der Waals surface area contributed by atoms with E-state index in [9.17, 15) is 0 Å². The summed E-state index contributed by atoms with van der Waals surface area (Å²) in [6.07, 6.45) is 1.57. The molecule has 1 aromatic heterocycles. The molecule has 0 spiro atoms. The molecular formula is C8H12BrN3O. The van der Waals surface area contributed by atoms with Crippen molar-refractivity contribution in [2.75, 3.05) is 12.4 Å². The highest BCUT2D eigenvalue weighted by Gasteiger charge is 2.09. The van der Waals surface area contributed by atoms with Crippen LogP contribution in [0.1, 0.15) is 13.8 Å². The van der Waals surface area contributed by atoms with Crippen LogP contribution in [0.15, 0.2) is 10.8 Å². The number of nitrogens with zero attached hydrogens (tertiary/aromatic N) is 2. The van der Waals surface area contributed by atoms with Crippen LogP contribution in [-0.2, 0) is 0 Å².